The Balaban J connectivity index is 2.92. The zero-order valence-corrected chi connectivity index (χ0v) is 8.27. The van der Waals surface area contributed by atoms with Gasteiger partial charge >= 0.3 is 0 Å². The van der Waals surface area contributed by atoms with E-state index in [9.17, 15) is 0 Å². The summed E-state index contributed by atoms with van der Waals surface area (Å²) in [5.41, 5.74) is 2.28. The van der Waals surface area contributed by atoms with E-state index in [-0.39, 0.29) is 6.61 Å². The van der Waals surface area contributed by atoms with Crippen molar-refractivity contribution >= 4 is 5.71 Å². The fourth-order valence-electron chi connectivity index (χ4n) is 1.38. The Morgan fingerprint density at radius 1 is 1.43 bits per heavy atom. The van der Waals surface area contributed by atoms with Gasteiger partial charge in [0.15, 0.2) is 0 Å². The van der Waals surface area contributed by atoms with Crippen molar-refractivity contribution in [1.29, 1.82) is 0 Å². The highest BCUT2D eigenvalue weighted by Gasteiger charge is 2.02. The van der Waals surface area contributed by atoms with Crippen LogP contribution in [0.15, 0.2) is 29.4 Å². The standard InChI is InChI=1S/C11H15NO2/c1-2-4-9-5-3-6-10(7-9)11(8-13)12-14/h3,5-7,13-14H,2,4,8H2,1H3. The van der Waals surface area contributed by atoms with E-state index in [0.29, 0.717) is 5.71 Å². The molecule has 14 heavy (non-hydrogen) atoms. The third-order valence-electron chi connectivity index (χ3n) is 2.07. The van der Waals surface area contributed by atoms with Crippen LogP contribution < -0.4 is 0 Å². The van der Waals surface area contributed by atoms with E-state index in [0.717, 1.165) is 18.4 Å². The van der Waals surface area contributed by atoms with Crippen molar-refractivity contribution < 1.29 is 10.3 Å². The molecule has 1 aromatic rings. The summed E-state index contributed by atoms with van der Waals surface area (Å²) in [6.45, 7) is 1.87. The predicted molar refractivity (Wildman–Crippen MR) is 55.8 cm³/mol. The summed E-state index contributed by atoms with van der Waals surface area (Å²) < 4.78 is 0. The van der Waals surface area contributed by atoms with Gasteiger partial charge in [0.25, 0.3) is 0 Å². The molecule has 0 fully saturated rings. The molecule has 0 unspecified atom stereocenters. The van der Waals surface area contributed by atoms with Crippen LogP contribution in [0.25, 0.3) is 0 Å². The van der Waals surface area contributed by atoms with Crippen molar-refractivity contribution in [2.75, 3.05) is 6.61 Å². The topological polar surface area (TPSA) is 52.8 Å². The fraction of sp³-hybridized carbons (Fsp3) is 0.364. The van der Waals surface area contributed by atoms with Gasteiger partial charge in [0.1, 0.15) is 5.71 Å². The molecule has 0 bridgehead atoms. The molecule has 0 amide bonds. The van der Waals surface area contributed by atoms with Gasteiger partial charge in [-0.25, -0.2) is 0 Å². The minimum atomic E-state index is -0.244. The average molecular weight is 193 g/mol. The largest absolute Gasteiger partial charge is 0.411 e. The summed E-state index contributed by atoms with van der Waals surface area (Å²) in [5.74, 6) is 0. The van der Waals surface area contributed by atoms with Gasteiger partial charge in [-0.15, -0.1) is 0 Å². The number of hydrogen-bond acceptors (Lipinski definition) is 3. The monoisotopic (exact) mass is 193 g/mol. The maximum Gasteiger partial charge on any atom is 0.112 e. The molecular formula is C11H15NO2. The Labute approximate surface area is 83.7 Å². The van der Waals surface area contributed by atoms with Gasteiger partial charge in [0, 0.05) is 5.56 Å². The lowest BCUT2D eigenvalue weighted by atomic mass is 10.0. The Kier molecular flexibility index (Phi) is 4.13. The number of oxime groups is 1. The molecular weight excluding hydrogens is 178 g/mol. The van der Waals surface area contributed by atoms with E-state index in [2.05, 4.69) is 12.1 Å². The molecule has 3 nitrogen and oxygen atoms in total. The van der Waals surface area contributed by atoms with Crippen molar-refractivity contribution in [2.45, 2.75) is 19.8 Å². The summed E-state index contributed by atoms with van der Waals surface area (Å²) in [5, 5.41) is 20.6. The van der Waals surface area contributed by atoms with Gasteiger partial charge in [0.05, 0.1) is 6.61 Å². The normalized spacial score (nSPS) is 11.7. The predicted octanol–water partition coefficient (Wildman–Crippen LogP) is 1.81. The van der Waals surface area contributed by atoms with Crippen molar-refractivity contribution in [3.8, 4) is 0 Å². The van der Waals surface area contributed by atoms with Crippen molar-refractivity contribution in [3.05, 3.63) is 35.4 Å². The lowest BCUT2D eigenvalue weighted by Crippen LogP contribution is -2.06. The maximum atomic E-state index is 8.91. The number of hydrogen-bond donors (Lipinski definition) is 2. The second-order valence-electron chi connectivity index (χ2n) is 3.16. The molecule has 2 N–H and O–H groups in total. The molecule has 0 atom stereocenters. The van der Waals surface area contributed by atoms with Crippen LogP contribution in [0.2, 0.25) is 0 Å². The van der Waals surface area contributed by atoms with Gasteiger partial charge in [0.2, 0.25) is 0 Å². The van der Waals surface area contributed by atoms with Crippen LogP contribution in [0.1, 0.15) is 24.5 Å². The molecule has 0 aliphatic carbocycles. The number of nitrogens with zero attached hydrogens (tertiary/aromatic N) is 1. The first kappa shape index (κ1) is 10.7. The van der Waals surface area contributed by atoms with E-state index in [1.54, 1.807) is 0 Å². The molecule has 0 aromatic heterocycles. The van der Waals surface area contributed by atoms with E-state index in [4.69, 9.17) is 10.3 Å². The van der Waals surface area contributed by atoms with E-state index in [1.807, 2.05) is 24.3 Å². The zero-order valence-electron chi connectivity index (χ0n) is 8.27. The van der Waals surface area contributed by atoms with Gasteiger partial charge in [-0.2, -0.15) is 0 Å². The molecule has 0 heterocycles. The molecule has 0 radical (unpaired) electrons. The minimum Gasteiger partial charge on any atom is -0.411 e. The second-order valence-corrected chi connectivity index (χ2v) is 3.16. The van der Waals surface area contributed by atoms with Crippen LogP contribution in [0.3, 0.4) is 0 Å². The third kappa shape index (κ3) is 2.57. The van der Waals surface area contributed by atoms with Crippen LogP contribution in [0.4, 0.5) is 0 Å². The van der Waals surface area contributed by atoms with Crippen LogP contribution in [-0.4, -0.2) is 22.6 Å². The number of rotatable bonds is 4. The molecule has 0 saturated heterocycles. The highest BCUT2D eigenvalue weighted by molar-refractivity contribution is 6.01. The van der Waals surface area contributed by atoms with Gasteiger partial charge in [-0.3, -0.25) is 0 Å². The minimum absolute atomic E-state index is 0.244. The Morgan fingerprint density at radius 2 is 2.21 bits per heavy atom. The molecule has 0 spiro atoms. The summed E-state index contributed by atoms with van der Waals surface area (Å²) in [7, 11) is 0. The summed E-state index contributed by atoms with van der Waals surface area (Å²) in [6.07, 6.45) is 2.08. The summed E-state index contributed by atoms with van der Waals surface area (Å²) in [6, 6.07) is 7.69. The molecule has 0 saturated carbocycles. The first-order valence-corrected chi connectivity index (χ1v) is 4.73. The van der Waals surface area contributed by atoms with E-state index >= 15 is 0 Å². The molecule has 3 heteroatoms. The van der Waals surface area contributed by atoms with Crippen LogP contribution in [0.5, 0.6) is 0 Å². The third-order valence-corrected chi connectivity index (χ3v) is 2.07. The van der Waals surface area contributed by atoms with Crippen LogP contribution in [0, 0.1) is 0 Å². The summed E-state index contributed by atoms with van der Waals surface area (Å²) >= 11 is 0. The lowest BCUT2D eigenvalue weighted by Gasteiger charge is -2.03. The molecule has 0 aliphatic heterocycles. The highest BCUT2D eigenvalue weighted by Crippen LogP contribution is 2.08. The van der Waals surface area contributed by atoms with Crippen molar-refractivity contribution in [3.63, 3.8) is 0 Å². The highest BCUT2D eigenvalue weighted by atomic mass is 16.4. The lowest BCUT2D eigenvalue weighted by molar-refractivity contribution is 0.304. The smallest absolute Gasteiger partial charge is 0.112 e. The molecule has 76 valence electrons. The molecule has 1 rings (SSSR count). The second kappa shape index (κ2) is 5.40. The Morgan fingerprint density at radius 3 is 2.79 bits per heavy atom. The van der Waals surface area contributed by atoms with Crippen LogP contribution >= 0.6 is 0 Å². The first-order chi connectivity index (χ1) is 6.81. The van der Waals surface area contributed by atoms with Gasteiger partial charge < -0.3 is 10.3 Å². The summed E-state index contributed by atoms with van der Waals surface area (Å²) in [4.78, 5) is 0. The molecule has 0 aliphatic rings. The molecule has 1 aromatic carbocycles. The fourth-order valence-corrected chi connectivity index (χ4v) is 1.38. The van der Waals surface area contributed by atoms with E-state index < -0.39 is 0 Å². The number of aryl methyl sites for hydroxylation is 1. The van der Waals surface area contributed by atoms with Crippen molar-refractivity contribution in [2.24, 2.45) is 5.16 Å². The quantitative estimate of drug-likeness (QED) is 0.435. The Bertz CT molecular complexity index is 321. The number of benzene rings is 1. The first-order valence-electron chi connectivity index (χ1n) is 4.73. The Hall–Kier alpha value is -1.35. The van der Waals surface area contributed by atoms with E-state index in [1.165, 1.54) is 5.56 Å². The number of aliphatic hydroxyl groups excluding tert-OH is 1. The van der Waals surface area contributed by atoms with Crippen LogP contribution in [-0.2, 0) is 6.42 Å². The maximum absolute atomic E-state index is 8.91. The van der Waals surface area contributed by atoms with Gasteiger partial charge in [-0.1, -0.05) is 36.7 Å². The average Bonchev–Trinajstić information content (AvgIpc) is 2.21. The SMILES string of the molecule is CCCc1cccc(C(CO)=NO)c1. The van der Waals surface area contributed by atoms with Gasteiger partial charge in [-0.05, 0) is 18.1 Å². The number of aliphatic hydroxyl groups is 1. The van der Waals surface area contributed by atoms with Crippen molar-refractivity contribution in [1.82, 2.24) is 0 Å². The zero-order chi connectivity index (χ0) is 10.4.